The Morgan fingerprint density at radius 3 is 2.78 bits per heavy atom. The molecule has 1 saturated carbocycles. The SMILES string of the molecule is Cc1ccc(CCNC(=O)C2(O)CCCC2)cn1. The van der Waals surface area contributed by atoms with Crippen molar-refractivity contribution in [2.75, 3.05) is 6.54 Å². The zero-order chi connectivity index (χ0) is 13.0. The number of pyridine rings is 1. The lowest BCUT2D eigenvalue weighted by Crippen LogP contribution is -2.45. The van der Waals surface area contributed by atoms with E-state index in [2.05, 4.69) is 10.3 Å². The van der Waals surface area contributed by atoms with Crippen LogP contribution in [0, 0.1) is 6.92 Å². The standard InChI is InChI=1S/C14H20N2O2/c1-11-4-5-12(10-16-11)6-9-15-13(17)14(18)7-2-3-8-14/h4-5,10,18H,2-3,6-9H2,1H3,(H,15,17). The van der Waals surface area contributed by atoms with Crippen LogP contribution in [0.1, 0.15) is 36.9 Å². The number of hydrogen-bond donors (Lipinski definition) is 2. The molecule has 1 aliphatic rings. The fraction of sp³-hybridized carbons (Fsp3) is 0.571. The predicted octanol–water partition coefficient (Wildman–Crippen LogP) is 1.35. The minimum absolute atomic E-state index is 0.222. The molecule has 1 aromatic heterocycles. The Kier molecular flexibility index (Phi) is 3.97. The normalized spacial score (nSPS) is 17.7. The highest BCUT2D eigenvalue weighted by Crippen LogP contribution is 2.29. The maximum atomic E-state index is 11.8. The van der Waals surface area contributed by atoms with Gasteiger partial charge >= 0.3 is 0 Å². The summed E-state index contributed by atoms with van der Waals surface area (Å²) >= 11 is 0. The van der Waals surface area contributed by atoms with Crippen molar-refractivity contribution in [2.45, 2.75) is 44.6 Å². The molecule has 18 heavy (non-hydrogen) atoms. The smallest absolute Gasteiger partial charge is 0.251 e. The van der Waals surface area contributed by atoms with Gasteiger partial charge in [-0.1, -0.05) is 6.07 Å². The third kappa shape index (κ3) is 3.07. The van der Waals surface area contributed by atoms with Crippen LogP contribution in [0.5, 0.6) is 0 Å². The lowest BCUT2D eigenvalue weighted by atomic mass is 10.0. The van der Waals surface area contributed by atoms with Crippen molar-refractivity contribution in [2.24, 2.45) is 0 Å². The second-order valence-electron chi connectivity index (χ2n) is 5.05. The van der Waals surface area contributed by atoms with Crippen LogP contribution in [0.4, 0.5) is 0 Å². The number of nitrogens with zero attached hydrogens (tertiary/aromatic N) is 1. The summed E-state index contributed by atoms with van der Waals surface area (Å²) in [5.74, 6) is -0.222. The molecule has 2 rings (SSSR count). The Balaban J connectivity index is 1.78. The van der Waals surface area contributed by atoms with E-state index in [1.54, 1.807) is 0 Å². The third-order valence-corrected chi connectivity index (χ3v) is 3.53. The maximum Gasteiger partial charge on any atom is 0.251 e. The van der Waals surface area contributed by atoms with Crippen LogP contribution < -0.4 is 5.32 Å². The summed E-state index contributed by atoms with van der Waals surface area (Å²) in [5, 5.41) is 12.9. The van der Waals surface area contributed by atoms with Gasteiger partial charge in [-0.25, -0.2) is 0 Å². The molecule has 0 unspecified atom stereocenters. The van der Waals surface area contributed by atoms with Gasteiger partial charge in [0.25, 0.3) is 5.91 Å². The zero-order valence-electron chi connectivity index (χ0n) is 10.8. The van der Waals surface area contributed by atoms with Crippen LogP contribution in [0.2, 0.25) is 0 Å². The van der Waals surface area contributed by atoms with Crippen molar-refractivity contribution < 1.29 is 9.90 Å². The highest BCUT2D eigenvalue weighted by Gasteiger charge is 2.38. The molecule has 1 amide bonds. The van der Waals surface area contributed by atoms with Crippen LogP contribution in [0.3, 0.4) is 0 Å². The van der Waals surface area contributed by atoms with Crippen LogP contribution >= 0.6 is 0 Å². The van der Waals surface area contributed by atoms with E-state index in [1.165, 1.54) is 0 Å². The second kappa shape index (κ2) is 5.48. The fourth-order valence-electron chi connectivity index (χ4n) is 2.32. The molecule has 0 atom stereocenters. The summed E-state index contributed by atoms with van der Waals surface area (Å²) in [6, 6.07) is 3.97. The molecule has 0 aliphatic heterocycles. The molecule has 4 heteroatoms. The summed E-state index contributed by atoms with van der Waals surface area (Å²) in [6.45, 7) is 2.49. The van der Waals surface area contributed by atoms with E-state index in [4.69, 9.17) is 0 Å². The molecule has 0 aromatic carbocycles. The summed E-state index contributed by atoms with van der Waals surface area (Å²) in [4.78, 5) is 16.0. The van der Waals surface area contributed by atoms with Gasteiger partial charge in [-0.3, -0.25) is 9.78 Å². The van der Waals surface area contributed by atoms with Gasteiger partial charge in [-0.2, -0.15) is 0 Å². The lowest BCUT2D eigenvalue weighted by Gasteiger charge is -2.20. The number of carbonyl (C=O) groups excluding carboxylic acids is 1. The van der Waals surface area contributed by atoms with Crippen LogP contribution in [0.15, 0.2) is 18.3 Å². The molecular formula is C14H20N2O2. The highest BCUT2D eigenvalue weighted by molar-refractivity contribution is 5.85. The average molecular weight is 248 g/mol. The van der Waals surface area contributed by atoms with Gasteiger partial charge in [0.05, 0.1) is 0 Å². The number of aliphatic hydroxyl groups is 1. The zero-order valence-corrected chi connectivity index (χ0v) is 10.8. The molecule has 0 radical (unpaired) electrons. The van der Waals surface area contributed by atoms with Gasteiger partial charge in [0, 0.05) is 18.4 Å². The first-order chi connectivity index (χ1) is 8.60. The van der Waals surface area contributed by atoms with Crippen molar-refractivity contribution in [3.05, 3.63) is 29.6 Å². The first-order valence-corrected chi connectivity index (χ1v) is 6.52. The van der Waals surface area contributed by atoms with Gasteiger partial charge < -0.3 is 10.4 Å². The molecule has 4 nitrogen and oxygen atoms in total. The number of amides is 1. The van der Waals surface area contributed by atoms with Gasteiger partial charge in [0.2, 0.25) is 0 Å². The van der Waals surface area contributed by atoms with Crippen molar-refractivity contribution in [3.63, 3.8) is 0 Å². The summed E-state index contributed by atoms with van der Waals surface area (Å²) in [6.07, 6.45) is 5.62. The summed E-state index contributed by atoms with van der Waals surface area (Å²) in [5.41, 5.74) is 0.966. The third-order valence-electron chi connectivity index (χ3n) is 3.53. The minimum Gasteiger partial charge on any atom is -0.380 e. The monoisotopic (exact) mass is 248 g/mol. The summed E-state index contributed by atoms with van der Waals surface area (Å²) in [7, 11) is 0. The number of aromatic nitrogens is 1. The molecule has 0 spiro atoms. The maximum absolute atomic E-state index is 11.8. The van der Waals surface area contributed by atoms with E-state index < -0.39 is 5.60 Å². The largest absolute Gasteiger partial charge is 0.380 e. The van der Waals surface area contributed by atoms with Crippen LogP contribution in [0.25, 0.3) is 0 Å². The van der Waals surface area contributed by atoms with Gasteiger partial charge in [0.1, 0.15) is 5.60 Å². The topological polar surface area (TPSA) is 62.2 Å². The first-order valence-electron chi connectivity index (χ1n) is 6.52. The highest BCUT2D eigenvalue weighted by atomic mass is 16.3. The van der Waals surface area contributed by atoms with Crippen molar-refractivity contribution in [1.29, 1.82) is 0 Å². The van der Waals surface area contributed by atoms with Gasteiger partial charge in [-0.15, -0.1) is 0 Å². The van der Waals surface area contributed by atoms with E-state index >= 15 is 0 Å². The molecule has 98 valence electrons. The van der Waals surface area contributed by atoms with Gasteiger partial charge in [-0.05, 0) is 50.7 Å². The van der Waals surface area contributed by atoms with E-state index in [9.17, 15) is 9.90 Å². The Labute approximate surface area is 107 Å². The van der Waals surface area contributed by atoms with Gasteiger partial charge in [0.15, 0.2) is 0 Å². The molecule has 1 heterocycles. The van der Waals surface area contributed by atoms with Crippen molar-refractivity contribution in [3.8, 4) is 0 Å². The fourth-order valence-corrected chi connectivity index (χ4v) is 2.32. The Morgan fingerprint density at radius 1 is 1.44 bits per heavy atom. The molecule has 2 N–H and O–H groups in total. The Bertz CT molecular complexity index is 408. The predicted molar refractivity (Wildman–Crippen MR) is 69.1 cm³/mol. The van der Waals surface area contributed by atoms with E-state index in [0.717, 1.165) is 30.5 Å². The second-order valence-corrected chi connectivity index (χ2v) is 5.05. The molecule has 1 fully saturated rings. The lowest BCUT2D eigenvalue weighted by molar-refractivity contribution is -0.139. The number of nitrogens with one attached hydrogen (secondary N) is 1. The molecular weight excluding hydrogens is 228 g/mol. The van der Waals surface area contributed by atoms with E-state index in [1.807, 2.05) is 25.3 Å². The molecule has 1 aromatic rings. The Hall–Kier alpha value is -1.42. The van der Waals surface area contributed by atoms with E-state index in [0.29, 0.717) is 19.4 Å². The molecule has 0 bridgehead atoms. The van der Waals surface area contributed by atoms with Crippen molar-refractivity contribution in [1.82, 2.24) is 10.3 Å². The van der Waals surface area contributed by atoms with Crippen molar-refractivity contribution >= 4 is 5.91 Å². The number of hydrogen-bond acceptors (Lipinski definition) is 3. The number of aryl methyl sites for hydroxylation is 1. The quantitative estimate of drug-likeness (QED) is 0.845. The Morgan fingerprint density at radius 2 is 2.17 bits per heavy atom. The summed E-state index contributed by atoms with van der Waals surface area (Å²) < 4.78 is 0. The minimum atomic E-state index is -1.12. The first kappa shape index (κ1) is 13.0. The number of rotatable bonds is 4. The van der Waals surface area contributed by atoms with E-state index in [-0.39, 0.29) is 5.91 Å². The molecule has 0 saturated heterocycles. The molecule has 1 aliphatic carbocycles. The van der Waals surface area contributed by atoms with Crippen LogP contribution in [-0.2, 0) is 11.2 Å². The average Bonchev–Trinajstić information content (AvgIpc) is 2.80. The van der Waals surface area contributed by atoms with Crippen LogP contribution in [-0.4, -0.2) is 28.1 Å². The number of carbonyl (C=O) groups is 1.